The summed E-state index contributed by atoms with van der Waals surface area (Å²) >= 11 is 0. The van der Waals surface area contributed by atoms with Crippen molar-refractivity contribution in [3.63, 3.8) is 0 Å². The molecule has 0 bridgehead atoms. The van der Waals surface area contributed by atoms with Gasteiger partial charge in [0.2, 0.25) is 0 Å². The molecule has 23 heavy (non-hydrogen) atoms. The molecule has 0 spiro atoms. The normalized spacial score (nSPS) is 19.0. The molecule has 0 radical (unpaired) electrons. The third-order valence-corrected chi connectivity index (χ3v) is 4.17. The molecule has 3 N–H and O–H groups in total. The third kappa shape index (κ3) is 6.95. The second-order valence-corrected chi connectivity index (χ2v) is 5.86. The Bertz CT molecular complexity index is 495. The van der Waals surface area contributed by atoms with Crippen LogP contribution in [0.4, 0.5) is 5.69 Å². The number of nitrogens with two attached hydrogens (primary N) is 1. The lowest BCUT2D eigenvalue weighted by atomic mass is 10.0. The molecule has 0 aromatic heterocycles. The monoisotopic (exact) mass is 432 g/mol. The number of methoxy groups -OCH3 is 1. The number of likely N-dealkylation sites (tertiary alicyclic amines) is 1. The van der Waals surface area contributed by atoms with E-state index in [0.29, 0.717) is 12.0 Å². The SMILES string of the molecule is COc1cccc(NC(N)=NCCCN2CCCCC2C)c1.I. The number of nitrogens with zero attached hydrogens (tertiary/aromatic N) is 2. The smallest absolute Gasteiger partial charge is 0.193 e. The largest absolute Gasteiger partial charge is 0.497 e. The van der Waals surface area contributed by atoms with Gasteiger partial charge in [-0.05, 0) is 44.9 Å². The molecular weight excluding hydrogens is 403 g/mol. The van der Waals surface area contributed by atoms with Crippen molar-refractivity contribution in [1.29, 1.82) is 0 Å². The lowest BCUT2D eigenvalue weighted by Crippen LogP contribution is -2.38. The zero-order valence-corrected chi connectivity index (χ0v) is 16.5. The number of benzene rings is 1. The molecule has 1 aliphatic rings. The molecule has 0 amide bonds. The quantitative estimate of drug-likeness (QED) is 0.314. The van der Waals surface area contributed by atoms with Gasteiger partial charge in [-0.3, -0.25) is 4.99 Å². The highest BCUT2D eigenvalue weighted by molar-refractivity contribution is 14.0. The highest BCUT2D eigenvalue weighted by Gasteiger charge is 2.16. The Labute approximate surface area is 156 Å². The number of nitrogens with one attached hydrogen (secondary N) is 1. The maximum atomic E-state index is 5.93. The summed E-state index contributed by atoms with van der Waals surface area (Å²) in [4.78, 5) is 6.96. The summed E-state index contributed by atoms with van der Waals surface area (Å²) in [5.74, 6) is 1.26. The number of rotatable bonds is 6. The van der Waals surface area contributed by atoms with Gasteiger partial charge in [0.1, 0.15) is 5.75 Å². The van der Waals surface area contributed by atoms with E-state index in [2.05, 4.69) is 22.1 Å². The molecule has 1 unspecified atom stereocenters. The first-order chi connectivity index (χ1) is 10.7. The van der Waals surface area contributed by atoms with Crippen LogP contribution < -0.4 is 15.8 Å². The van der Waals surface area contributed by atoms with Gasteiger partial charge in [0.25, 0.3) is 0 Å². The van der Waals surface area contributed by atoms with Crippen molar-refractivity contribution in [2.75, 3.05) is 32.1 Å². The second kappa shape index (κ2) is 10.7. The predicted octanol–water partition coefficient (Wildman–Crippen LogP) is 3.30. The fourth-order valence-electron chi connectivity index (χ4n) is 2.85. The molecule has 6 heteroatoms. The predicted molar refractivity (Wildman–Crippen MR) is 108 cm³/mol. The third-order valence-electron chi connectivity index (χ3n) is 4.17. The van der Waals surface area contributed by atoms with E-state index in [0.717, 1.165) is 30.9 Å². The number of piperidine rings is 1. The lowest BCUT2D eigenvalue weighted by Gasteiger charge is -2.33. The number of hydrogen-bond donors (Lipinski definition) is 2. The van der Waals surface area contributed by atoms with Crippen molar-refractivity contribution in [2.24, 2.45) is 10.7 Å². The standard InChI is InChI=1S/C17H28N4O.HI/c1-14-7-3-4-11-21(14)12-6-10-19-17(18)20-15-8-5-9-16(13-15)22-2;/h5,8-9,13-14H,3-4,6-7,10-12H2,1-2H3,(H3,18,19,20);1H. The van der Waals surface area contributed by atoms with E-state index in [1.54, 1.807) is 7.11 Å². The molecule has 130 valence electrons. The van der Waals surface area contributed by atoms with E-state index in [9.17, 15) is 0 Å². The Kier molecular flexibility index (Phi) is 9.31. The number of aliphatic imine (C=N–C) groups is 1. The first-order valence-electron chi connectivity index (χ1n) is 8.14. The number of hydrogen-bond acceptors (Lipinski definition) is 3. The Morgan fingerprint density at radius 1 is 1.43 bits per heavy atom. The lowest BCUT2D eigenvalue weighted by molar-refractivity contribution is 0.160. The van der Waals surface area contributed by atoms with Gasteiger partial charge < -0.3 is 20.7 Å². The van der Waals surface area contributed by atoms with Gasteiger partial charge in [0, 0.05) is 30.9 Å². The highest BCUT2D eigenvalue weighted by Crippen LogP contribution is 2.17. The summed E-state index contributed by atoms with van der Waals surface area (Å²) in [5, 5.41) is 3.10. The van der Waals surface area contributed by atoms with Gasteiger partial charge in [-0.1, -0.05) is 12.5 Å². The second-order valence-electron chi connectivity index (χ2n) is 5.86. The minimum atomic E-state index is 0. The molecule has 1 aromatic rings. The summed E-state index contributed by atoms with van der Waals surface area (Å²) in [6.07, 6.45) is 5.06. The van der Waals surface area contributed by atoms with E-state index in [4.69, 9.17) is 10.5 Å². The first kappa shape index (κ1) is 20.0. The van der Waals surface area contributed by atoms with Crippen LogP contribution in [-0.2, 0) is 0 Å². The zero-order valence-electron chi connectivity index (χ0n) is 14.1. The minimum Gasteiger partial charge on any atom is -0.497 e. The molecule has 0 aliphatic carbocycles. The van der Waals surface area contributed by atoms with E-state index in [1.807, 2.05) is 24.3 Å². The van der Waals surface area contributed by atoms with Crippen molar-refractivity contribution in [2.45, 2.75) is 38.6 Å². The molecule has 1 heterocycles. The number of anilines is 1. The summed E-state index contributed by atoms with van der Waals surface area (Å²) in [6.45, 7) is 5.41. The highest BCUT2D eigenvalue weighted by atomic mass is 127. The molecule has 1 aliphatic heterocycles. The van der Waals surface area contributed by atoms with E-state index in [-0.39, 0.29) is 24.0 Å². The van der Waals surface area contributed by atoms with Crippen LogP contribution in [0.15, 0.2) is 29.3 Å². The van der Waals surface area contributed by atoms with Crippen LogP contribution in [-0.4, -0.2) is 43.6 Å². The van der Waals surface area contributed by atoms with Crippen LogP contribution in [0.25, 0.3) is 0 Å². The van der Waals surface area contributed by atoms with Crippen LogP contribution in [0.3, 0.4) is 0 Å². The van der Waals surface area contributed by atoms with Crippen LogP contribution >= 0.6 is 24.0 Å². The molecule has 1 fully saturated rings. The first-order valence-corrected chi connectivity index (χ1v) is 8.14. The van der Waals surface area contributed by atoms with Crippen molar-refractivity contribution >= 4 is 35.6 Å². The minimum absolute atomic E-state index is 0. The van der Waals surface area contributed by atoms with Gasteiger partial charge >= 0.3 is 0 Å². The van der Waals surface area contributed by atoms with Crippen LogP contribution in [0, 0.1) is 0 Å². The van der Waals surface area contributed by atoms with Crippen molar-refractivity contribution in [1.82, 2.24) is 4.90 Å². The Hall–Kier alpha value is -1.02. The van der Waals surface area contributed by atoms with Gasteiger partial charge in [0.15, 0.2) is 5.96 Å². The van der Waals surface area contributed by atoms with Gasteiger partial charge in [-0.15, -0.1) is 24.0 Å². The summed E-state index contributed by atoms with van der Waals surface area (Å²) in [5.41, 5.74) is 6.82. The van der Waals surface area contributed by atoms with Crippen molar-refractivity contribution < 1.29 is 4.74 Å². The van der Waals surface area contributed by atoms with Gasteiger partial charge in [0.05, 0.1) is 7.11 Å². The summed E-state index contributed by atoms with van der Waals surface area (Å²) < 4.78 is 5.19. The average molecular weight is 432 g/mol. The van der Waals surface area contributed by atoms with Crippen molar-refractivity contribution in [3.8, 4) is 5.75 Å². The topological polar surface area (TPSA) is 62.9 Å². The van der Waals surface area contributed by atoms with Crippen molar-refractivity contribution in [3.05, 3.63) is 24.3 Å². The Morgan fingerprint density at radius 2 is 2.26 bits per heavy atom. The maximum absolute atomic E-state index is 5.93. The molecule has 1 aromatic carbocycles. The molecule has 5 nitrogen and oxygen atoms in total. The Morgan fingerprint density at radius 3 is 3.00 bits per heavy atom. The van der Waals surface area contributed by atoms with E-state index < -0.39 is 0 Å². The molecule has 0 saturated carbocycles. The zero-order chi connectivity index (χ0) is 15.8. The average Bonchev–Trinajstić information content (AvgIpc) is 2.53. The molecular formula is C17H29IN4O. The molecule has 1 atom stereocenters. The fraction of sp³-hybridized carbons (Fsp3) is 0.588. The van der Waals surface area contributed by atoms with Crippen LogP contribution in [0.1, 0.15) is 32.6 Å². The van der Waals surface area contributed by atoms with Crippen LogP contribution in [0.2, 0.25) is 0 Å². The number of ether oxygens (including phenoxy) is 1. The van der Waals surface area contributed by atoms with E-state index in [1.165, 1.54) is 25.8 Å². The number of halogens is 1. The number of guanidine groups is 1. The molecule has 2 rings (SSSR count). The fourth-order valence-corrected chi connectivity index (χ4v) is 2.85. The molecule has 1 saturated heterocycles. The summed E-state index contributed by atoms with van der Waals surface area (Å²) in [7, 11) is 1.65. The maximum Gasteiger partial charge on any atom is 0.193 e. The van der Waals surface area contributed by atoms with E-state index >= 15 is 0 Å². The van der Waals surface area contributed by atoms with Crippen LogP contribution in [0.5, 0.6) is 5.75 Å². The Balaban J connectivity index is 0.00000264. The van der Waals surface area contributed by atoms with Gasteiger partial charge in [-0.25, -0.2) is 0 Å². The summed E-state index contributed by atoms with van der Waals surface area (Å²) in [6, 6.07) is 8.38. The van der Waals surface area contributed by atoms with Gasteiger partial charge in [-0.2, -0.15) is 0 Å².